The Morgan fingerprint density at radius 3 is 2.31 bits per heavy atom. The zero-order valence-corrected chi connectivity index (χ0v) is 10.3. The Morgan fingerprint density at radius 2 is 1.81 bits per heavy atom. The van der Waals surface area contributed by atoms with Crippen LogP contribution in [0.25, 0.3) is 0 Å². The van der Waals surface area contributed by atoms with Crippen molar-refractivity contribution in [3.05, 3.63) is 0 Å². The molecule has 0 aromatic rings. The lowest BCUT2D eigenvalue weighted by Gasteiger charge is -2.28. The summed E-state index contributed by atoms with van der Waals surface area (Å²) in [7, 11) is 0. The number of carbonyl (C=O) groups excluding carboxylic acids is 2. The molecule has 2 N–H and O–H groups in total. The van der Waals surface area contributed by atoms with Crippen LogP contribution in [0.15, 0.2) is 0 Å². The number of nitrogens with one attached hydrogen (secondary N) is 2. The van der Waals surface area contributed by atoms with E-state index in [0.29, 0.717) is 0 Å². The Bertz CT molecular complexity index is 265. The van der Waals surface area contributed by atoms with Crippen LogP contribution >= 0.6 is 0 Å². The molecule has 1 rings (SSSR count). The molecule has 0 unspecified atom stereocenters. The molecule has 0 aromatic heterocycles. The van der Waals surface area contributed by atoms with E-state index in [-0.39, 0.29) is 18.4 Å². The first-order valence-corrected chi connectivity index (χ1v) is 5.68. The summed E-state index contributed by atoms with van der Waals surface area (Å²) in [5.74, 6) is -0.0879. The molecule has 5 nitrogen and oxygen atoms in total. The van der Waals surface area contributed by atoms with E-state index in [1.165, 1.54) is 0 Å². The van der Waals surface area contributed by atoms with Crippen molar-refractivity contribution in [1.29, 1.82) is 0 Å². The maximum Gasteiger partial charge on any atom is 0.242 e. The Kier molecular flexibility index (Phi) is 4.29. The van der Waals surface area contributed by atoms with Gasteiger partial charge in [-0.15, -0.1) is 0 Å². The third-order valence-corrected chi connectivity index (χ3v) is 2.55. The molecule has 1 saturated heterocycles. The van der Waals surface area contributed by atoms with Gasteiger partial charge in [-0.3, -0.25) is 9.59 Å². The largest absolute Gasteiger partial charge is 0.347 e. The Morgan fingerprint density at radius 1 is 1.25 bits per heavy atom. The number of amides is 2. The van der Waals surface area contributed by atoms with E-state index in [1.54, 1.807) is 4.90 Å². The summed E-state index contributed by atoms with van der Waals surface area (Å²) in [6.45, 7) is 8.72. The van der Waals surface area contributed by atoms with Gasteiger partial charge in [-0.1, -0.05) is 20.8 Å². The molecule has 92 valence electrons. The van der Waals surface area contributed by atoms with Gasteiger partial charge in [0.1, 0.15) is 0 Å². The highest BCUT2D eigenvalue weighted by atomic mass is 16.2. The average molecular weight is 227 g/mol. The number of rotatable bonds is 2. The van der Waals surface area contributed by atoms with Crippen LogP contribution in [0.3, 0.4) is 0 Å². The van der Waals surface area contributed by atoms with E-state index < -0.39 is 5.41 Å². The minimum absolute atomic E-state index is 0.000833. The van der Waals surface area contributed by atoms with Crippen molar-refractivity contribution in [2.75, 3.05) is 32.7 Å². The van der Waals surface area contributed by atoms with E-state index in [2.05, 4.69) is 10.6 Å². The molecule has 0 spiro atoms. The van der Waals surface area contributed by atoms with Gasteiger partial charge in [0.15, 0.2) is 0 Å². The molecule has 16 heavy (non-hydrogen) atoms. The van der Waals surface area contributed by atoms with Crippen molar-refractivity contribution < 1.29 is 9.59 Å². The topological polar surface area (TPSA) is 61.4 Å². The van der Waals surface area contributed by atoms with Gasteiger partial charge in [0.2, 0.25) is 11.8 Å². The van der Waals surface area contributed by atoms with Crippen molar-refractivity contribution in [1.82, 2.24) is 15.5 Å². The first-order valence-electron chi connectivity index (χ1n) is 5.68. The van der Waals surface area contributed by atoms with Gasteiger partial charge in [0, 0.05) is 31.6 Å². The maximum absolute atomic E-state index is 11.7. The van der Waals surface area contributed by atoms with Crippen LogP contribution in [-0.2, 0) is 9.59 Å². The summed E-state index contributed by atoms with van der Waals surface area (Å²) in [6, 6.07) is 0. The molecular formula is C11H21N3O2. The van der Waals surface area contributed by atoms with Crippen molar-refractivity contribution in [3.8, 4) is 0 Å². The van der Waals surface area contributed by atoms with Gasteiger partial charge in [-0.05, 0) is 0 Å². The van der Waals surface area contributed by atoms with Crippen molar-refractivity contribution >= 4 is 11.8 Å². The number of piperazine rings is 1. The van der Waals surface area contributed by atoms with Crippen LogP contribution in [0, 0.1) is 5.41 Å². The molecule has 0 saturated carbocycles. The molecule has 0 aliphatic carbocycles. The van der Waals surface area contributed by atoms with Gasteiger partial charge in [0.25, 0.3) is 0 Å². The van der Waals surface area contributed by atoms with Crippen LogP contribution in [0.1, 0.15) is 20.8 Å². The van der Waals surface area contributed by atoms with E-state index in [0.717, 1.165) is 26.2 Å². The van der Waals surface area contributed by atoms with Crippen molar-refractivity contribution in [2.24, 2.45) is 5.41 Å². The first-order chi connectivity index (χ1) is 7.41. The fourth-order valence-electron chi connectivity index (χ4n) is 1.45. The summed E-state index contributed by atoms with van der Waals surface area (Å²) >= 11 is 0. The van der Waals surface area contributed by atoms with Gasteiger partial charge >= 0.3 is 0 Å². The molecule has 1 heterocycles. The standard InChI is InChI=1S/C11H21N3O2/c1-11(2,3)10(16)13-8-9(15)14-6-4-12-5-7-14/h12H,4-8H2,1-3H3,(H,13,16). The third kappa shape index (κ3) is 3.81. The molecule has 1 aliphatic heterocycles. The monoisotopic (exact) mass is 227 g/mol. The number of hydrogen-bond acceptors (Lipinski definition) is 3. The van der Waals surface area contributed by atoms with Crippen LogP contribution in [0.2, 0.25) is 0 Å². The predicted octanol–water partition coefficient (Wildman–Crippen LogP) is -0.419. The minimum Gasteiger partial charge on any atom is -0.347 e. The molecule has 2 amide bonds. The van der Waals surface area contributed by atoms with Crippen molar-refractivity contribution in [3.63, 3.8) is 0 Å². The molecular weight excluding hydrogens is 206 g/mol. The minimum atomic E-state index is -0.441. The number of nitrogens with zero attached hydrogens (tertiary/aromatic N) is 1. The lowest BCUT2D eigenvalue weighted by Crippen LogP contribution is -2.50. The maximum atomic E-state index is 11.7. The van der Waals surface area contributed by atoms with Gasteiger partial charge < -0.3 is 15.5 Å². The highest BCUT2D eigenvalue weighted by Crippen LogP contribution is 2.12. The summed E-state index contributed by atoms with van der Waals surface area (Å²) in [4.78, 5) is 25.0. The average Bonchev–Trinajstić information content (AvgIpc) is 2.25. The Balaban J connectivity index is 2.32. The summed E-state index contributed by atoms with van der Waals surface area (Å²) in [5, 5.41) is 5.85. The lowest BCUT2D eigenvalue weighted by atomic mass is 9.96. The summed E-state index contributed by atoms with van der Waals surface area (Å²) in [5.41, 5.74) is -0.441. The molecule has 0 atom stereocenters. The lowest BCUT2D eigenvalue weighted by molar-refractivity contribution is -0.135. The number of hydrogen-bond donors (Lipinski definition) is 2. The Hall–Kier alpha value is -1.10. The fourth-order valence-corrected chi connectivity index (χ4v) is 1.45. The molecule has 1 fully saturated rings. The van der Waals surface area contributed by atoms with E-state index in [4.69, 9.17) is 0 Å². The zero-order valence-electron chi connectivity index (χ0n) is 10.3. The van der Waals surface area contributed by atoms with Crippen molar-refractivity contribution in [2.45, 2.75) is 20.8 Å². The second-order valence-electron chi connectivity index (χ2n) is 5.06. The smallest absolute Gasteiger partial charge is 0.242 e. The highest BCUT2D eigenvalue weighted by Gasteiger charge is 2.23. The molecule has 0 aromatic carbocycles. The molecule has 1 aliphatic rings. The van der Waals surface area contributed by atoms with Crippen LogP contribution in [0.4, 0.5) is 0 Å². The normalized spacial score (nSPS) is 17.1. The first kappa shape index (κ1) is 13.0. The SMILES string of the molecule is CC(C)(C)C(=O)NCC(=O)N1CCNCC1. The second-order valence-corrected chi connectivity index (χ2v) is 5.06. The summed E-state index contributed by atoms with van der Waals surface area (Å²) in [6.07, 6.45) is 0. The third-order valence-electron chi connectivity index (χ3n) is 2.55. The van der Waals surface area contributed by atoms with E-state index >= 15 is 0 Å². The summed E-state index contributed by atoms with van der Waals surface area (Å²) < 4.78 is 0. The van der Waals surface area contributed by atoms with Crippen LogP contribution in [0.5, 0.6) is 0 Å². The quantitative estimate of drug-likeness (QED) is 0.673. The van der Waals surface area contributed by atoms with Crippen LogP contribution in [-0.4, -0.2) is 49.4 Å². The predicted molar refractivity (Wildman–Crippen MR) is 61.9 cm³/mol. The number of carbonyl (C=O) groups is 2. The second kappa shape index (κ2) is 5.30. The van der Waals surface area contributed by atoms with Crippen LogP contribution < -0.4 is 10.6 Å². The van der Waals surface area contributed by atoms with E-state index in [9.17, 15) is 9.59 Å². The molecule has 0 bridgehead atoms. The van der Waals surface area contributed by atoms with E-state index in [1.807, 2.05) is 20.8 Å². The van der Waals surface area contributed by atoms with Gasteiger partial charge in [0.05, 0.1) is 6.54 Å². The molecule has 5 heteroatoms. The molecule has 0 radical (unpaired) electrons. The van der Waals surface area contributed by atoms with Gasteiger partial charge in [-0.2, -0.15) is 0 Å². The fraction of sp³-hybridized carbons (Fsp3) is 0.818. The van der Waals surface area contributed by atoms with Gasteiger partial charge in [-0.25, -0.2) is 0 Å². The zero-order chi connectivity index (χ0) is 12.2. The Labute approximate surface area is 96.6 Å². The highest BCUT2D eigenvalue weighted by molar-refractivity contribution is 5.87.